The molecular weight excluding hydrogens is 184 g/mol. The molecule has 0 saturated carbocycles. The van der Waals surface area contributed by atoms with Crippen LogP contribution in [-0.4, -0.2) is 6.61 Å². The zero-order valence-electron chi connectivity index (χ0n) is 9.54. The number of benzene rings is 1. The van der Waals surface area contributed by atoms with E-state index in [0.29, 0.717) is 5.92 Å². The first-order chi connectivity index (χ1) is 7.42. The molecule has 1 atom stereocenters. The minimum atomic E-state index is 0.651. The summed E-state index contributed by atoms with van der Waals surface area (Å²) < 4.78 is 5.67. The van der Waals surface area contributed by atoms with Crippen LogP contribution in [0, 0.1) is 0 Å². The van der Waals surface area contributed by atoms with Crippen LogP contribution in [0.4, 0.5) is 0 Å². The Morgan fingerprint density at radius 1 is 1.20 bits per heavy atom. The maximum absolute atomic E-state index is 5.67. The van der Waals surface area contributed by atoms with Crippen LogP contribution in [0.3, 0.4) is 0 Å². The van der Waals surface area contributed by atoms with Crippen LogP contribution >= 0.6 is 0 Å². The summed E-state index contributed by atoms with van der Waals surface area (Å²) >= 11 is 0. The molecule has 2 rings (SSSR count). The van der Waals surface area contributed by atoms with Crippen LogP contribution in [0.1, 0.15) is 50.5 Å². The predicted molar refractivity (Wildman–Crippen MR) is 63.4 cm³/mol. The molecule has 0 aliphatic carbocycles. The van der Waals surface area contributed by atoms with Crippen molar-refractivity contribution in [3.05, 3.63) is 29.8 Å². The Bertz CT molecular complexity index is 306. The normalized spacial score (nSPS) is 18.6. The van der Waals surface area contributed by atoms with Gasteiger partial charge in [-0.05, 0) is 12.5 Å². The zero-order valence-corrected chi connectivity index (χ0v) is 9.54. The number of para-hydroxylation sites is 1. The van der Waals surface area contributed by atoms with Gasteiger partial charge in [0.1, 0.15) is 5.75 Å². The van der Waals surface area contributed by atoms with Crippen LogP contribution in [0.15, 0.2) is 24.3 Å². The zero-order chi connectivity index (χ0) is 10.5. The third kappa shape index (κ3) is 2.53. The summed E-state index contributed by atoms with van der Waals surface area (Å²) in [7, 11) is 0. The van der Waals surface area contributed by atoms with Crippen molar-refractivity contribution in [3.8, 4) is 5.75 Å². The monoisotopic (exact) mass is 204 g/mol. The summed E-state index contributed by atoms with van der Waals surface area (Å²) in [5, 5.41) is 0. The summed E-state index contributed by atoms with van der Waals surface area (Å²) in [6, 6.07) is 8.47. The van der Waals surface area contributed by atoms with E-state index < -0.39 is 0 Å². The second-order valence-electron chi connectivity index (χ2n) is 4.40. The van der Waals surface area contributed by atoms with E-state index in [1.165, 1.54) is 37.7 Å². The predicted octanol–water partition coefficient (Wildman–Crippen LogP) is 4.13. The highest BCUT2D eigenvalue weighted by Gasteiger charge is 2.22. The van der Waals surface area contributed by atoms with Gasteiger partial charge < -0.3 is 4.74 Å². The Morgan fingerprint density at radius 2 is 2.07 bits per heavy atom. The Labute approximate surface area is 92.5 Å². The Balaban J connectivity index is 1.85. The molecule has 82 valence electrons. The fourth-order valence-corrected chi connectivity index (χ4v) is 2.29. The lowest BCUT2D eigenvalue weighted by molar-refractivity contribution is 0.322. The summed E-state index contributed by atoms with van der Waals surface area (Å²) in [4.78, 5) is 0. The molecule has 1 unspecified atom stereocenters. The molecule has 15 heavy (non-hydrogen) atoms. The average Bonchev–Trinajstić information content (AvgIpc) is 2.68. The lowest BCUT2D eigenvalue weighted by atomic mass is 9.95. The smallest absolute Gasteiger partial charge is 0.122 e. The van der Waals surface area contributed by atoms with Crippen molar-refractivity contribution in [2.75, 3.05) is 6.61 Å². The molecule has 1 nitrogen and oxygen atoms in total. The van der Waals surface area contributed by atoms with Gasteiger partial charge in [0.05, 0.1) is 6.61 Å². The second kappa shape index (κ2) is 5.20. The van der Waals surface area contributed by atoms with Crippen molar-refractivity contribution >= 4 is 0 Å². The van der Waals surface area contributed by atoms with Crippen LogP contribution in [0.5, 0.6) is 5.75 Å². The first-order valence-corrected chi connectivity index (χ1v) is 6.13. The molecule has 1 aromatic rings. The second-order valence-corrected chi connectivity index (χ2v) is 4.40. The van der Waals surface area contributed by atoms with Gasteiger partial charge in [-0.2, -0.15) is 0 Å². The van der Waals surface area contributed by atoms with Crippen LogP contribution in [0.25, 0.3) is 0 Å². The molecular formula is C14H20O. The quantitative estimate of drug-likeness (QED) is 0.655. The van der Waals surface area contributed by atoms with Crippen LogP contribution in [-0.2, 0) is 0 Å². The molecule has 1 aromatic carbocycles. The number of hydrogen-bond donors (Lipinski definition) is 0. The Hall–Kier alpha value is -0.980. The average molecular weight is 204 g/mol. The van der Waals surface area contributed by atoms with Crippen molar-refractivity contribution in [1.82, 2.24) is 0 Å². The summed E-state index contributed by atoms with van der Waals surface area (Å²) in [6.07, 6.45) is 6.69. The molecule has 0 N–H and O–H groups in total. The number of hydrogen-bond acceptors (Lipinski definition) is 1. The third-order valence-corrected chi connectivity index (χ3v) is 3.20. The molecule has 1 aliphatic heterocycles. The molecule has 0 amide bonds. The van der Waals surface area contributed by atoms with Crippen molar-refractivity contribution in [1.29, 1.82) is 0 Å². The minimum absolute atomic E-state index is 0.651. The van der Waals surface area contributed by atoms with E-state index in [-0.39, 0.29) is 0 Å². The van der Waals surface area contributed by atoms with E-state index >= 15 is 0 Å². The SMILES string of the molecule is CCCCCCC1COc2ccccc21. The summed E-state index contributed by atoms with van der Waals surface area (Å²) in [5.41, 5.74) is 1.42. The molecule has 0 aromatic heterocycles. The van der Waals surface area contributed by atoms with E-state index in [1.807, 2.05) is 0 Å². The first-order valence-electron chi connectivity index (χ1n) is 6.13. The highest BCUT2D eigenvalue weighted by Crippen LogP contribution is 2.36. The van der Waals surface area contributed by atoms with Gasteiger partial charge >= 0.3 is 0 Å². The Morgan fingerprint density at radius 3 is 2.93 bits per heavy atom. The van der Waals surface area contributed by atoms with E-state index in [4.69, 9.17) is 4.74 Å². The van der Waals surface area contributed by atoms with Gasteiger partial charge in [0.2, 0.25) is 0 Å². The van der Waals surface area contributed by atoms with Gasteiger partial charge in [-0.15, -0.1) is 0 Å². The summed E-state index contributed by atoms with van der Waals surface area (Å²) in [5.74, 6) is 1.76. The number of ether oxygens (including phenoxy) is 1. The highest BCUT2D eigenvalue weighted by molar-refractivity contribution is 5.39. The Kier molecular flexibility index (Phi) is 3.65. The molecule has 1 heteroatoms. The highest BCUT2D eigenvalue weighted by atomic mass is 16.5. The fraction of sp³-hybridized carbons (Fsp3) is 0.571. The topological polar surface area (TPSA) is 9.23 Å². The third-order valence-electron chi connectivity index (χ3n) is 3.20. The molecule has 0 radical (unpaired) electrons. The van der Waals surface area contributed by atoms with Crippen molar-refractivity contribution in [2.45, 2.75) is 44.9 Å². The standard InChI is InChI=1S/C14H20O/c1-2-3-4-5-8-12-11-15-14-10-7-6-9-13(12)14/h6-7,9-10,12H,2-5,8,11H2,1H3. The fourth-order valence-electron chi connectivity index (χ4n) is 2.29. The van der Waals surface area contributed by atoms with E-state index in [2.05, 4.69) is 31.2 Å². The van der Waals surface area contributed by atoms with Crippen molar-refractivity contribution in [2.24, 2.45) is 0 Å². The number of rotatable bonds is 5. The molecule has 1 heterocycles. The lowest BCUT2D eigenvalue weighted by Crippen LogP contribution is -2.00. The van der Waals surface area contributed by atoms with E-state index in [0.717, 1.165) is 12.4 Å². The van der Waals surface area contributed by atoms with Crippen molar-refractivity contribution < 1.29 is 4.74 Å². The molecule has 1 aliphatic rings. The maximum atomic E-state index is 5.67. The lowest BCUT2D eigenvalue weighted by Gasteiger charge is -2.07. The first kappa shape index (κ1) is 10.5. The molecule has 0 spiro atoms. The summed E-state index contributed by atoms with van der Waals surface area (Å²) in [6.45, 7) is 3.15. The van der Waals surface area contributed by atoms with E-state index in [1.54, 1.807) is 0 Å². The van der Waals surface area contributed by atoms with Gasteiger partial charge in [-0.25, -0.2) is 0 Å². The molecule has 0 bridgehead atoms. The van der Waals surface area contributed by atoms with Gasteiger partial charge in [0, 0.05) is 11.5 Å². The number of unbranched alkanes of at least 4 members (excludes halogenated alkanes) is 3. The van der Waals surface area contributed by atoms with Gasteiger partial charge in [-0.1, -0.05) is 50.8 Å². The largest absolute Gasteiger partial charge is 0.493 e. The van der Waals surface area contributed by atoms with Crippen LogP contribution < -0.4 is 4.74 Å². The number of fused-ring (bicyclic) bond motifs is 1. The van der Waals surface area contributed by atoms with Gasteiger partial charge in [-0.3, -0.25) is 0 Å². The van der Waals surface area contributed by atoms with Crippen LogP contribution in [0.2, 0.25) is 0 Å². The minimum Gasteiger partial charge on any atom is -0.493 e. The van der Waals surface area contributed by atoms with Gasteiger partial charge in [0.15, 0.2) is 0 Å². The van der Waals surface area contributed by atoms with Crippen molar-refractivity contribution in [3.63, 3.8) is 0 Å². The molecule has 0 saturated heterocycles. The van der Waals surface area contributed by atoms with E-state index in [9.17, 15) is 0 Å². The molecule has 0 fully saturated rings. The maximum Gasteiger partial charge on any atom is 0.122 e. The van der Waals surface area contributed by atoms with Gasteiger partial charge in [0.25, 0.3) is 0 Å².